The molecule has 0 unspecified atom stereocenters. The molecule has 4 heteroatoms. The van der Waals surface area contributed by atoms with E-state index in [1.54, 1.807) is 6.20 Å². The first-order valence-electron chi connectivity index (χ1n) is 5.18. The predicted molar refractivity (Wildman–Crippen MR) is 68.3 cm³/mol. The predicted octanol–water partition coefficient (Wildman–Crippen LogP) is 2.18. The van der Waals surface area contributed by atoms with Crippen molar-refractivity contribution in [2.75, 3.05) is 12.8 Å². The van der Waals surface area contributed by atoms with E-state index in [1.807, 2.05) is 30.0 Å². The summed E-state index contributed by atoms with van der Waals surface area (Å²) in [5, 5.41) is 12.1. The van der Waals surface area contributed by atoms with Crippen LogP contribution in [0.15, 0.2) is 18.3 Å². The van der Waals surface area contributed by atoms with Gasteiger partial charge in [0.15, 0.2) is 0 Å². The smallest absolute Gasteiger partial charge is 0.140 e. The molecule has 0 radical (unpaired) electrons. The Balaban J connectivity index is 2.46. The number of aromatic nitrogens is 1. The second-order valence-corrected chi connectivity index (χ2v) is 5.74. The highest BCUT2D eigenvalue weighted by Crippen LogP contribution is 2.19. The maximum atomic E-state index is 8.72. The summed E-state index contributed by atoms with van der Waals surface area (Å²) in [7, 11) is 0. The fourth-order valence-corrected chi connectivity index (χ4v) is 1.47. The van der Waals surface area contributed by atoms with Gasteiger partial charge in [-0.05, 0) is 37.8 Å². The molecule has 1 aromatic heterocycles. The van der Waals surface area contributed by atoms with Gasteiger partial charge in [-0.2, -0.15) is 17.0 Å². The molecule has 1 aromatic rings. The first kappa shape index (κ1) is 13.0. The molecule has 0 aromatic carbocycles. The highest BCUT2D eigenvalue weighted by molar-refractivity contribution is 7.99. The van der Waals surface area contributed by atoms with Gasteiger partial charge in [-0.25, -0.2) is 4.98 Å². The number of rotatable bonds is 5. The van der Waals surface area contributed by atoms with E-state index in [9.17, 15) is 0 Å². The largest absolute Gasteiger partial charge is 0.311 e. The molecule has 0 aliphatic carbocycles. The summed E-state index contributed by atoms with van der Waals surface area (Å²) in [6.07, 6.45) is 3.79. The van der Waals surface area contributed by atoms with Crippen LogP contribution in [0.5, 0.6) is 0 Å². The molecule has 0 aliphatic rings. The van der Waals surface area contributed by atoms with Crippen LogP contribution in [-0.4, -0.2) is 22.5 Å². The van der Waals surface area contributed by atoms with E-state index in [0.29, 0.717) is 5.69 Å². The summed E-state index contributed by atoms with van der Waals surface area (Å²) < 4.78 is 0.241. The summed E-state index contributed by atoms with van der Waals surface area (Å²) in [5.74, 6) is 0. The fraction of sp³-hybridized carbons (Fsp3) is 0.500. The molecule has 0 spiro atoms. The molecule has 16 heavy (non-hydrogen) atoms. The van der Waals surface area contributed by atoms with Crippen LogP contribution >= 0.6 is 11.8 Å². The van der Waals surface area contributed by atoms with Crippen molar-refractivity contribution in [2.45, 2.75) is 25.1 Å². The molecule has 1 heterocycles. The van der Waals surface area contributed by atoms with Gasteiger partial charge in [-0.3, -0.25) is 0 Å². The van der Waals surface area contributed by atoms with Gasteiger partial charge in [0.1, 0.15) is 11.8 Å². The molecule has 0 amide bonds. The van der Waals surface area contributed by atoms with Gasteiger partial charge in [-0.15, -0.1) is 0 Å². The zero-order valence-electron chi connectivity index (χ0n) is 9.95. The molecule has 1 rings (SSSR count). The summed E-state index contributed by atoms with van der Waals surface area (Å²) in [6, 6.07) is 5.79. The topological polar surface area (TPSA) is 48.7 Å². The van der Waals surface area contributed by atoms with Gasteiger partial charge >= 0.3 is 0 Å². The van der Waals surface area contributed by atoms with Crippen LogP contribution in [0.25, 0.3) is 0 Å². The quantitative estimate of drug-likeness (QED) is 0.850. The standard InChI is InChI=1S/C12H17N3S/c1-12(2,16-3)9-14-8-10-4-5-15-11(6-10)7-13/h4-6,14H,8-9H2,1-3H3. The van der Waals surface area contributed by atoms with E-state index >= 15 is 0 Å². The Morgan fingerprint density at radius 2 is 2.31 bits per heavy atom. The van der Waals surface area contributed by atoms with E-state index < -0.39 is 0 Å². The fourth-order valence-electron chi connectivity index (χ4n) is 1.23. The van der Waals surface area contributed by atoms with Crippen LogP contribution in [-0.2, 0) is 6.54 Å². The third-order valence-electron chi connectivity index (χ3n) is 2.37. The Bertz CT molecular complexity index is 382. The number of nitriles is 1. The number of nitrogens with zero attached hydrogens (tertiary/aromatic N) is 2. The maximum absolute atomic E-state index is 8.72. The minimum absolute atomic E-state index is 0.241. The van der Waals surface area contributed by atoms with E-state index in [2.05, 4.69) is 30.4 Å². The molecular formula is C12H17N3S. The average molecular weight is 235 g/mol. The van der Waals surface area contributed by atoms with Crippen molar-refractivity contribution in [3.05, 3.63) is 29.6 Å². The molecule has 86 valence electrons. The molecule has 0 saturated heterocycles. The third kappa shape index (κ3) is 4.21. The van der Waals surface area contributed by atoms with Crippen LogP contribution in [0.1, 0.15) is 25.1 Å². The van der Waals surface area contributed by atoms with Crippen molar-refractivity contribution in [3.63, 3.8) is 0 Å². The van der Waals surface area contributed by atoms with Gasteiger partial charge in [0.05, 0.1) is 0 Å². The average Bonchev–Trinajstić information content (AvgIpc) is 2.29. The Labute approximate surface area is 101 Å². The van der Waals surface area contributed by atoms with Crippen molar-refractivity contribution in [1.82, 2.24) is 10.3 Å². The van der Waals surface area contributed by atoms with E-state index in [0.717, 1.165) is 18.7 Å². The van der Waals surface area contributed by atoms with E-state index in [-0.39, 0.29) is 4.75 Å². The van der Waals surface area contributed by atoms with Crippen LogP contribution < -0.4 is 5.32 Å². The third-order valence-corrected chi connectivity index (χ3v) is 3.62. The van der Waals surface area contributed by atoms with Crippen molar-refractivity contribution in [1.29, 1.82) is 5.26 Å². The molecule has 0 fully saturated rings. The normalized spacial score (nSPS) is 11.1. The number of nitrogens with one attached hydrogen (secondary N) is 1. The van der Waals surface area contributed by atoms with E-state index in [1.165, 1.54) is 0 Å². The van der Waals surface area contributed by atoms with Gasteiger partial charge in [0.25, 0.3) is 0 Å². The monoisotopic (exact) mass is 235 g/mol. The summed E-state index contributed by atoms with van der Waals surface area (Å²) in [5.41, 5.74) is 1.58. The van der Waals surface area contributed by atoms with Crippen molar-refractivity contribution < 1.29 is 0 Å². The summed E-state index contributed by atoms with van der Waals surface area (Å²) in [6.45, 7) is 6.13. The second kappa shape index (κ2) is 5.88. The molecule has 0 bridgehead atoms. The van der Waals surface area contributed by atoms with Crippen LogP contribution in [0, 0.1) is 11.3 Å². The van der Waals surface area contributed by atoms with Gasteiger partial charge in [0, 0.05) is 24.0 Å². The van der Waals surface area contributed by atoms with Crippen LogP contribution in [0.4, 0.5) is 0 Å². The number of pyridine rings is 1. The molecule has 0 aliphatic heterocycles. The lowest BCUT2D eigenvalue weighted by molar-refractivity contribution is 0.590. The molecule has 0 saturated carbocycles. The minimum atomic E-state index is 0.241. The van der Waals surface area contributed by atoms with Gasteiger partial charge < -0.3 is 5.32 Å². The van der Waals surface area contributed by atoms with Crippen molar-refractivity contribution in [2.24, 2.45) is 0 Å². The van der Waals surface area contributed by atoms with Crippen molar-refractivity contribution in [3.8, 4) is 6.07 Å². The van der Waals surface area contributed by atoms with Gasteiger partial charge in [0.2, 0.25) is 0 Å². The Hall–Kier alpha value is -1.05. The Morgan fingerprint density at radius 1 is 1.56 bits per heavy atom. The number of hydrogen-bond acceptors (Lipinski definition) is 4. The Morgan fingerprint density at radius 3 is 2.94 bits per heavy atom. The Kier molecular flexibility index (Phi) is 4.78. The van der Waals surface area contributed by atoms with E-state index in [4.69, 9.17) is 5.26 Å². The lowest BCUT2D eigenvalue weighted by atomic mass is 10.2. The minimum Gasteiger partial charge on any atom is -0.311 e. The highest BCUT2D eigenvalue weighted by Gasteiger charge is 2.14. The molecule has 3 nitrogen and oxygen atoms in total. The zero-order chi connectivity index (χ0) is 12.0. The first-order chi connectivity index (χ1) is 7.57. The summed E-state index contributed by atoms with van der Waals surface area (Å²) in [4.78, 5) is 3.94. The molecule has 1 N–H and O–H groups in total. The number of hydrogen-bond donors (Lipinski definition) is 1. The lowest BCUT2D eigenvalue weighted by Gasteiger charge is -2.22. The maximum Gasteiger partial charge on any atom is 0.140 e. The van der Waals surface area contributed by atoms with Gasteiger partial charge in [-0.1, -0.05) is 0 Å². The summed E-state index contributed by atoms with van der Waals surface area (Å²) >= 11 is 1.84. The second-order valence-electron chi connectivity index (χ2n) is 4.23. The SMILES string of the molecule is CSC(C)(C)CNCc1ccnc(C#N)c1. The highest BCUT2D eigenvalue weighted by atomic mass is 32.2. The van der Waals surface area contributed by atoms with Crippen LogP contribution in [0.3, 0.4) is 0 Å². The molecular weight excluding hydrogens is 218 g/mol. The van der Waals surface area contributed by atoms with Crippen LogP contribution in [0.2, 0.25) is 0 Å². The number of thioether (sulfide) groups is 1. The lowest BCUT2D eigenvalue weighted by Crippen LogP contribution is -2.31. The van der Waals surface area contributed by atoms with Crippen molar-refractivity contribution >= 4 is 11.8 Å². The molecule has 0 atom stereocenters. The first-order valence-corrected chi connectivity index (χ1v) is 6.41. The zero-order valence-corrected chi connectivity index (χ0v) is 10.8.